The zero-order valence-corrected chi connectivity index (χ0v) is 13.5. The molecule has 0 atom stereocenters. The highest BCUT2D eigenvalue weighted by Crippen LogP contribution is 2.12. The number of Topliss-reactive ketones (excluding diaryl/α,β-unsaturated/α-hetero) is 1. The van der Waals surface area contributed by atoms with Gasteiger partial charge in [0.1, 0.15) is 0 Å². The third-order valence-electron chi connectivity index (χ3n) is 3.82. The molecule has 1 fully saturated rings. The first kappa shape index (κ1) is 16.1. The molecule has 7 nitrogen and oxygen atoms in total. The predicted molar refractivity (Wildman–Crippen MR) is 91.3 cm³/mol. The zero-order chi connectivity index (χ0) is 16.9. The van der Waals surface area contributed by atoms with E-state index in [4.69, 9.17) is 0 Å². The SMILES string of the molecule is Cc1ccc(C(=O)C(=O)Nc2cnc(N3CCNCC3)nc2)cc1. The number of amides is 1. The van der Waals surface area contributed by atoms with Crippen molar-refractivity contribution in [1.82, 2.24) is 15.3 Å². The highest BCUT2D eigenvalue weighted by atomic mass is 16.2. The number of aryl methyl sites for hydroxylation is 1. The molecular formula is C17H19N5O2. The second kappa shape index (κ2) is 7.18. The summed E-state index contributed by atoms with van der Waals surface area (Å²) in [5, 5.41) is 5.80. The maximum atomic E-state index is 12.1. The Hall–Kier alpha value is -2.80. The fraction of sp³-hybridized carbons (Fsp3) is 0.294. The van der Waals surface area contributed by atoms with Crippen molar-refractivity contribution in [3.63, 3.8) is 0 Å². The molecule has 0 radical (unpaired) electrons. The van der Waals surface area contributed by atoms with Crippen molar-refractivity contribution >= 4 is 23.3 Å². The van der Waals surface area contributed by atoms with Crippen LogP contribution in [-0.2, 0) is 4.79 Å². The summed E-state index contributed by atoms with van der Waals surface area (Å²) in [4.78, 5) is 34.7. The Bertz CT molecular complexity index is 722. The molecule has 2 aromatic rings. The summed E-state index contributed by atoms with van der Waals surface area (Å²) in [6.45, 7) is 5.40. The largest absolute Gasteiger partial charge is 0.338 e. The smallest absolute Gasteiger partial charge is 0.296 e. The standard InChI is InChI=1S/C17H19N5O2/c1-12-2-4-13(5-3-12)15(23)16(24)21-14-10-19-17(20-11-14)22-8-6-18-7-9-22/h2-5,10-11,18H,6-9H2,1H3,(H,21,24). The van der Waals surface area contributed by atoms with Crippen LogP contribution in [0.4, 0.5) is 11.6 Å². The Morgan fingerprint density at radius 3 is 2.33 bits per heavy atom. The molecule has 24 heavy (non-hydrogen) atoms. The molecule has 1 saturated heterocycles. The van der Waals surface area contributed by atoms with E-state index in [0.29, 0.717) is 17.2 Å². The summed E-state index contributed by atoms with van der Waals surface area (Å²) in [6.07, 6.45) is 3.04. The second-order valence-electron chi connectivity index (χ2n) is 5.66. The first-order valence-corrected chi connectivity index (χ1v) is 7.83. The van der Waals surface area contributed by atoms with Crippen LogP contribution in [0.25, 0.3) is 0 Å². The van der Waals surface area contributed by atoms with Crippen molar-refractivity contribution in [3.8, 4) is 0 Å². The number of anilines is 2. The Morgan fingerprint density at radius 2 is 1.71 bits per heavy atom. The number of carbonyl (C=O) groups excluding carboxylic acids is 2. The fourth-order valence-electron chi connectivity index (χ4n) is 2.44. The van der Waals surface area contributed by atoms with Gasteiger partial charge in [0, 0.05) is 31.7 Å². The maximum Gasteiger partial charge on any atom is 0.296 e. The number of hydrogen-bond donors (Lipinski definition) is 2. The number of ketones is 1. The highest BCUT2D eigenvalue weighted by Gasteiger charge is 2.17. The lowest BCUT2D eigenvalue weighted by atomic mass is 10.1. The third-order valence-corrected chi connectivity index (χ3v) is 3.82. The molecule has 1 aliphatic rings. The Balaban J connectivity index is 1.63. The average molecular weight is 325 g/mol. The minimum Gasteiger partial charge on any atom is -0.338 e. The van der Waals surface area contributed by atoms with E-state index in [1.165, 1.54) is 12.4 Å². The average Bonchev–Trinajstić information content (AvgIpc) is 2.63. The molecular weight excluding hydrogens is 306 g/mol. The molecule has 2 N–H and O–H groups in total. The van der Waals surface area contributed by atoms with E-state index < -0.39 is 11.7 Å². The molecule has 0 saturated carbocycles. The monoisotopic (exact) mass is 325 g/mol. The Morgan fingerprint density at radius 1 is 1.08 bits per heavy atom. The summed E-state index contributed by atoms with van der Waals surface area (Å²) in [5.41, 5.74) is 1.79. The number of rotatable bonds is 4. The van der Waals surface area contributed by atoms with E-state index in [2.05, 4.69) is 25.5 Å². The molecule has 1 aromatic carbocycles. The van der Waals surface area contributed by atoms with E-state index >= 15 is 0 Å². The zero-order valence-electron chi connectivity index (χ0n) is 13.5. The fourth-order valence-corrected chi connectivity index (χ4v) is 2.44. The van der Waals surface area contributed by atoms with Gasteiger partial charge in [-0.1, -0.05) is 29.8 Å². The minimum atomic E-state index is -0.697. The number of piperazine rings is 1. The van der Waals surface area contributed by atoms with Crippen LogP contribution in [0.3, 0.4) is 0 Å². The second-order valence-corrected chi connectivity index (χ2v) is 5.66. The van der Waals surface area contributed by atoms with Gasteiger partial charge in [0.2, 0.25) is 5.95 Å². The van der Waals surface area contributed by atoms with Crippen LogP contribution >= 0.6 is 0 Å². The van der Waals surface area contributed by atoms with E-state index in [-0.39, 0.29) is 0 Å². The van der Waals surface area contributed by atoms with Gasteiger partial charge in [-0.05, 0) is 6.92 Å². The molecule has 124 valence electrons. The summed E-state index contributed by atoms with van der Waals surface area (Å²) < 4.78 is 0. The molecule has 0 aliphatic carbocycles. The Kier molecular flexibility index (Phi) is 4.81. The van der Waals surface area contributed by atoms with Gasteiger partial charge in [0.15, 0.2) is 0 Å². The van der Waals surface area contributed by atoms with Crippen molar-refractivity contribution in [2.45, 2.75) is 6.92 Å². The minimum absolute atomic E-state index is 0.358. The number of aromatic nitrogens is 2. The number of hydrogen-bond acceptors (Lipinski definition) is 6. The number of nitrogens with zero attached hydrogens (tertiary/aromatic N) is 3. The Labute approximate surface area is 140 Å². The number of nitrogens with one attached hydrogen (secondary N) is 2. The van der Waals surface area contributed by atoms with Gasteiger partial charge in [-0.2, -0.15) is 0 Å². The highest BCUT2D eigenvalue weighted by molar-refractivity contribution is 6.46. The van der Waals surface area contributed by atoms with Crippen LogP contribution in [0.15, 0.2) is 36.7 Å². The summed E-state index contributed by atoms with van der Waals surface area (Å²) in [5.74, 6) is -0.655. The van der Waals surface area contributed by atoms with Gasteiger partial charge in [-0.15, -0.1) is 0 Å². The molecule has 3 rings (SSSR count). The molecule has 1 aromatic heterocycles. The van der Waals surface area contributed by atoms with Crippen LogP contribution in [-0.4, -0.2) is 47.8 Å². The third kappa shape index (κ3) is 3.75. The lowest BCUT2D eigenvalue weighted by Gasteiger charge is -2.27. The first-order chi connectivity index (χ1) is 11.6. The summed E-state index contributed by atoms with van der Waals surface area (Å²) in [7, 11) is 0. The summed E-state index contributed by atoms with van der Waals surface area (Å²) >= 11 is 0. The van der Waals surface area contributed by atoms with Crippen molar-refractivity contribution in [3.05, 3.63) is 47.8 Å². The van der Waals surface area contributed by atoms with Crippen LogP contribution in [0.1, 0.15) is 15.9 Å². The molecule has 0 unspecified atom stereocenters. The molecule has 7 heteroatoms. The van der Waals surface area contributed by atoms with Gasteiger partial charge in [0.05, 0.1) is 18.1 Å². The predicted octanol–water partition coefficient (Wildman–Crippen LogP) is 1.02. The van der Waals surface area contributed by atoms with Crippen LogP contribution in [0, 0.1) is 6.92 Å². The van der Waals surface area contributed by atoms with Gasteiger partial charge in [0.25, 0.3) is 11.7 Å². The lowest BCUT2D eigenvalue weighted by molar-refractivity contribution is -0.112. The van der Waals surface area contributed by atoms with Crippen molar-refractivity contribution < 1.29 is 9.59 Å². The molecule has 1 aliphatic heterocycles. The number of benzene rings is 1. The van der Waals surface area contributed by atoms with Crippen molar-refractivity contribution in [1.29, 1.82) is 0 Å². The van der Waals surface area contributed by atoms with Gasteiger partial charge in [-0.25, -0.2) is 9.97 Å². The molecule has 0 bridgehead atoms. The van der Waals surface area contributed by atoms with Crippen LogP contribution in [0.2, 0.25) is 0 Å². The number of carbonyl (C=O) groups is 2. The first-order valence-electron chi connectivity index (χ1n) is 7.83. The molecule has 2 heterocycles. The van der Waals surface area contributed by atoms with Crippen molar-refractivity contribution in [2.24, 2.45) is 0 Å². The van der Waals surface area contributed by atoms with Crippen LogP contribution < -0.4 is 15.5 Å². The quantitative estimate of drug-likeness (QED) is 0.644. The van der Waals surface area contributed by atoms with Gasteiger partial charge < -0.3 is 15.5 Å². The summed E-state index contributed by atoms with van der Waals surface area (Å²) in [6, 6.07) is 6.88. The van der Waals surface area contributed by atoms with E-state index in [1.807, 2.05) is 6.92 Å². The van der Waals surface area contributed by atoms with Gasteiger partial charge in [-0.3, -0.25) is 9.59 Å². The van der Waals surface area contributed by atoms with Crippen molar-refractivity contribution in [2.75, 3.05) is 36.4 Å². The topological polar surface area (TPSA) is 87.2 Å². The normalized spacial score (nSPS) is 14.3. The van der Waals surface area contributed by atoms with Gasteiger partial charge >= 0.3 is 0 Å². The van der Waals surface area contributed by atoms with Crippen LogP contribution in [0.5, 0.6) is 0 Å². The maximum absolute atomic E-state index is 12.1. The van der Waals surface area contributed by atoms with E-state index in [1.54, 1.807) is 24.3 Å². The molecule has 1 amide bonds. The molecule has 0 spiro atoms. The van der Waals surface area contributed by atoms with E-state index in [9.17, 15) is 9.59 Å². The van der Waals surface area contributed by atoms with E-state index in [0.717, 1.165) is 31.7 Å². The lowest BCUT2D eigenvalue weighted by Crippen LogP contribution is -2.44.